The van der Waals surface area contributed by atoms with E-state index in [1.807, 2.05) is 6.92 Å². The van der Waals surface area contributed by atoms with Gasteiger partial charge >= 0.3 is 0 Å². The molecule has 2 rings (SSSR count). The molecule has 7 heteroatoms. The van der Waals surface area contributed by atoms with Crippen LogP contribution in [0.15, 0.2) is 18.5 Å². The minimum Gasteiger partial charge on any atom is -0.303 e. The normalized spacial score (nSPS) is 12.7. The van der Waals surface area contributed by atoms with Crippen molar-refractivity contribution >= 4 is 0 Å². The zero-order valence-corrected chi connectivity index (χ0v) is 9.54. The molecule has 0 aliphatic rings. The van der Waals surface area contributed by atoms with Gasteiger partial charge in [-0.15, -0.1) is 0 Å². The summed E-state index contributed by atoms with van der Waals surface area (Å²) in [6.45, 7) is 2.01. The Labute approximate surface area is 101 Å². The maximum atomic E-state index is 13.0. The lowest BCUT2D eigenvalue weighted by Gasteiger charge is -2.11. The van der Waals surface area contributed by atoms with Crippen LogP contribution in [0.5, 0.6) is 0 Å². The highest BCUT2D eigenvalue weighted by Gasteiger charge is 2.12. The predicted octanol–water partition coefficient (Wildman–Crippen LogP) is 2.07. The van der Waals surface area contributed by atoms with Crippen molar-refractivity contribution in [2.24, 2.45) is 0 Å². The summed E-state index contributed by atoms with van der Waals surface area (Å²) in [5.41, 5.74) is 0.317. The summed E-state index contributed by atoms with van der Waals surface area (Å²) in [4.78, 5) is 3.94. The first kappa shape index (κ1) is 12.6. The van der Waals surface area contributed by atoms with E-state index in [1.165, 1.54) is 6.33 Å². The maximum Gasteiger partial charge on any atom is 0.194 e. The summed E-state index contributed by atoms with van der Waals surface area (Å²) in [5, 5.41) is 9.35. The summed E-state index contributed by atoms with van der Waals surface area (Å²) in [6.07, 6.45) is 1.37. The molecule has 1 atom stereocenters. The van der Waals surface area contributed by atoms with Gasteiger partial charge in [0.2, 0.25) is 0 Å². The van der Waals surface area contributed by atoms with Gasteiger partial charge in [-0.3, -0.25) is 5.10 Å². The monoisotopic (exact) mass is 256 g/mol. The fourth-order valence-electron chi connectivity index (χ4n) is 1.50. The Morgan fingerprint density at radius 1 is 1.28 bits per heavy atom. The van der Waals surface area contributed by atoms with Crippen molar-refractivity contribution in [3.8, 4) is 0 Å². The summed E-state index contributed by atoms with van der Waals surface area (Å²) < 4.78 is 38.7. The molecule has 0 amide bonds. The Hall–Kier alpha value is -1.89. The third-order valence-corrected chi connectivity index (χ3v) is 2.50. The van der Waals surface area contributed by atoms with Gasteiger partial charge in [-0.1, -0.05) is 0 Å². The van der Waals surface area contributed by atoms with Crippen LogP contribution in [0.1, 0.15) is 24.4 Å². The van der Waals surface area contributed by atoms with E-state index in [-0.39, 0.29) is 12.6 Å². The number of aromatic amines is 1. The largest absolute Gasteiger partial charge is 0.303 e. The average molecular weight is 256 g/mol. The van der Waals surface area contributed by atoms with Gasteiger partial charge in [-0.05, 0) is 24.6 Å². The number of aromatic nitrogens is 3. The van der Waals surface area contributed by atoms with Crippen LogP contribution in [-0.4, -0.2) is 15.2 Å². The quantitative estimate of drug-likeness (QED) is 0.823. The number of H-pyrrole nitrogens is 1. The Kier molecular flexibility index (Phi) is 3.61. The van der Waals surface area contributed by atoms with Crippen molar-refractivity contribution in [3.05, 3.63) is 47.3 Å². The molecule has 2 N–H and O–H groups in total. The number of rotatable bonds is 4. The third kappa shape index (κ3) is 2.67. The first-order chi connectivity index (χ1) is 8.58. The number of hydrogen-bond acceptors (Lipinski definition) is 3. The van der Waals surface area contributed by atoms with Crippen LogP contribution in [0, 0.1) is 17.5 Å². The molecule has 0 radical (unpaired) electrons. The molecule has 1 aromatic heterocycles. The fraction of sp³-hybridized carbons (Fsp3) is 0.273. The molecule has 0 bridgehead atoms. The van der Waals surface area contributed by atoms with Crippen molar-refractivity contribution in [2.75, 3.05) is 0 Å². The molecule has 1 heterocycles. The zero-order chi connectivity index (χ0) is 13.1. The molecule has 2 aromatic rings. The molecule has 1 aromatic carbocycles. The maximum absolute atomic E-state index is 13.0. The number of nitrogens with one attached hydrogen (secondary N) is 2. The lowest BCUT2D eigenvalue weighted by molar-refractivity contribution is 0.443. The highest BCUT2D eigenvalue weighted by molar-refractivity contribution is 5.19. The molecular weight excluding hydrogens is 245 g/mol. The van der Waals surface area contributed by atoms with Gasteiger partial charge in [0.1, 0.15) is 12.2 Å². The van der Waals surface area contributed by atoms with Gasteiger partial charge in [-0.25, -0.2) is 18.2 Å². The average Bonchev–Trinajstić information content (AvgIpc) is 2.86. The Morgan fingerprint density at radius 2 is 1.94 bits per heavy atom. The summed E-state index contributed by atoms with van der Waals surface area (Å²) in [7, 11) is 0. The molecule has 0 saturated carbocycles. The molecule has 18 heavy (non-hydrogen) atoms. The van der Waals surface area contributed by atoms with Crippen LogP contribution in [0.25, 0.3) is 0 Å². The van der Waals surface area contributed by atoms with Crippen LogP contribution in [0.4, 0.5) is 13.2 Å². The molecule has 0 fully saturated rings. The highest BCUT2D eigenvalue weighted by Crippen LogP contribution is 2.14. The van der Waals surface area contributed by atoms with Gasteiger partial charge in [0.15, 0.2) is 17.5 Å². The topological polar surface area (TPSA) is 53.6 Å². The first-order valence-corrected chi connectivity index (χ1v) is 5.30. The lowest BCUT2D eigenvalue weighted by atomic mass is 10.2. The molecular formula is C11H11F3N4. The molecule has 0 aliphatic carbocycles. The van der Waals surface area contributed by atoms with E-state index >= 15 is 0 Å². The summed E-state index contributed by atoms with van der Waals surface area (Å²) in [5.74, 6) is -3.24. The Balaban J connectivity index is 2.02. The van der Waals surface area contributed by atoms with Crippen LogP contribution in [-0.2, 0) is 6.54 Å². The SMILES string of the molecule is CC(NCc1cc(F)c(F)c(F)c1)c1ncn[nH]1. The molecule has 0 saturated heterocycles. The molecule has 0 aliphatic heterocycles. The van der Waals surface area contributed by atoms with Crippen molar-refractivity contribution in [3.63, 3.8) is 0 Å². The van der Waals surface area contributed by atoms with E-state index in [0.717, 1.165) is 12.1 Å². The standard InChI is InChI=1S/C11H11F3N4/c1-6(11-16-5-17-18-11)15-4-7-2-8(12)10(14)9(13)3-7/h2-3,5-6,15H,4H2,1H3,(H,16,17,18). The van der Waals surface area contributed by atoms with Gasteiger partial charge in [0.25, 0.3) is 0 Å². The summed E-state index contributed by atoms with van der Waals surface area (Å²) >= 11 is 0. The summed E-state index contributed by atoms with van der Waals surface area (Å²) in [6, 6.07) is 1.75. The second-order valence-corrected chi connectivity index (χ2v) is 3.85. The van der Waals surface area contributed by atoms with E-state index in [1.54, 1.807) is 0 Å². The number of hydrogen-bond donors (Lipinski definition) is 2. The van der Waals surface area contributed by atoms with Gasteiger partial charge in [0, 0.05) is 6.54 Å². The second kappa shape index (κ2) is 5.18. The number of halogens is 3. The number of nitrogens with zero attached hydrogens (tertiary/aromatic N) is 2. The van der Waals surface area contributed by atoms with E-state index in [0.29, 0.717) is 11.4 Å². The molecule has 96 valence electrons. The van der Waals surface area contributed by atoms with Crippen molar-refractivity contribution in [1.29, 1.82) is 0 Å². The molecule has 4 nitrogen and oxygen atoms in total. The van der Waals surface area contributed by atoms with Gasteiger partial charge < -0.3 is 5.32 Å². The second-order valence-electron chi connectivity index (χ2n) is 3.85. The Morgan fingerprint density at radius 3 is 2.50 bits per heavy atom. The van der Waals surface area contributed by atoms with Gasteiger partial charge in [0.05, 0.1) is 6.04 Å². The fourth-order valence-corrected chi connectivity index (χ4v) is 1.50. The lowest BCUT2D eigenvalue weighted by Crippen LogP contribution is -2.19. The van der Waals surface area contributed by atoms with E-state index < -0.39 is 17.5 Å². The van der Waals surface area contributed by atoms with Crippen molar-refractivity contribution in [2.45, 2.75) is 19.5 Å². The van der Waals surface area contributed by atoms with Crippen molar-refractivity contribution in [1.82, 2.24) is 20.5 Å². The predicted molar refractivity (Wildman–Crippen MR) is 58.0 cm³/mol. The van der Waals surface area contributed by atoms with Crippen LogP contribution in [0.3, 0.4) is 0 Å². The van der Waals surface area contributed by atoms with Crippen LogP contribution < -0.4 is 5.32 Å². The smallest absolute Gasteiger partial charge is 0.194 e. The van der Waals surface area contributed by atoms with Crippen LogP contribution >= 0.6 is 0 Å². The van der Waals surface area contributed by atoms with Gasteiger partial charge in [-0.2, -0.15) is 5.10 Å². The zero-order valence-electron chi connectivity index (χ0n) is 9.54. The molecule has 0 spiro atoms. The molecule has 1 unspecified atom stereocenters. The van der Waals surface area contributed by atoms with E-state index in [2.05, 4.69) is 20.5 Å². The van der Waals surface area contributed by atoms with E-state index in [4.69, 9.17) is 0 Å². The van der Waals surface area contributed by atoms with E-state index in [9.17, 15) is 13.2 Å². The Bertz CT molecular complexity index is 504. The third-order valence-electron chi connectivity index (χ3n) is 2.50. The van der Waals surface area contributed by atoms with Crippen LogP contribution in [0.2, 0.25) is 0 Å². The first-order valence-electron chi connectivity index (χ1n) is 5.30. The van der Waals surface area contributed by atoms with Crippen molar-refractivity contribution < 1.29 is 13.2 Å². The minimum atomic E-state index is -1.46. The number of benzene rings is 1. The highest BCUT2D eigenvalue weighted by atomic mass is 19.2. The minimum absolute atomic E-state index is 0.163.